The highest BCUT2D eigenvalue weighted by molar-refractivity contribution is 6.32. The Morgan fingerprint density at radius 3 is 2.40 bits per heavy atom. The number of methoxy groups -OCH3 is 1. The molecule has 0 saturated heterocycles. The molecule has 0 atom stereocenters. The zero-order valence-electron chi connectivity index (χ0n) is 11.5. The Balaban J connectivity index is 1.74. The van der Waals surface area contributed by atoms with E-state index in [9.17, 15) is 0 Å². The van der Waals surface area contributed by atoms with Gasteiger partial charge in [-0.1, -0.05) is 41.9 Å². The molecule has 0 bridgehead atoms. The van der Waals surface area contributed by atoms with Gasteiger partial charge in [-0.3, -0.25) is 0 Å². The Morgan fingerprint density at radius 2 is 1.80 bits per heavy atom. The largest absolute Gasteiger partial charge is 0.495 e. The number of hydrogen-bond acceptors (Lipinski definition) is 2. The first-order chi connectivity index (χ1) is 9.76. The van der Waals surface area contributed by atoms with Crippen LogP contribution in [-0.4, -0.2) is 13.2 Å². The van der Waals surface area contributed by atoms with Crippen molar-refractivity contribution in [2.75, 3.05) is 7.11 Å². The van der Waals surface area contributed by atoms with Gasteiger partial charge < -0.3 is 10.1 Å². The molecule has 0 unspecified atom stereocenters. The second kappa shape index (κ2) is 5.86. The zero-order valence-corrected chi connectivity index (χ0v) is 12.3. The van der Waals surface area contributed by atoms with Crippen LogP contribution in [-0.2, 0) is 6.54 Å². The lowest BCUT2D eigenvalue weighted by atomic mass is 10.0. The van der Waals surface area contributed by atoms with Gasteiger partial charge in [0, 0.05) is 12.6 Å². The molecular weight excluding hydrogens is 270 g/mol. The van der Waals surface area contributed by atoms with Crippen LogP contribution in [0.2, 0.25) is 5.02 Å². The maximum Gasteiger partial charge on any atom is 0.137 e. The smallest absolute Gasteiger partial charge is 0.137 e. The topological polar surface area (TPSA) is 21.3 Å². The minimum atomic E-state index is 0.643. The van der Waals surface area contributed by atoms with E-state index in [2.05, 4.69) is 29.6 Å². The van der Waals surface area contributed by atoms with Gasteiger partial charge >= 0.3 is 0 Å². The summed E-state index contributed by atoms with van der Waals surface area (Å²) in [7, 11) is 1.63. The van der Waals surface area contributed by atoms with Crippen LogP contribution in [0.3, 0.4) is 0 Å². The van der Waals surface area contributed by atoms with Crippen LogP contribution in [0.4, 0.5) is 0 Å². The summed E-state index contributed by atoms with van der Waals surface area (Å²) in [5.41, 5.74) is 3.60. The maximum absolute atomic E-state index is 6.17. The Kier molecular flexibility index (Phi) is 3.95. The van der Waals surface area contributed by atoms with Crippen molar-refractivity contribution in [2.45, 2.75) is 25.4 Å². The molecule has 0 heterocycles. The molecule has 0 aliphatic heterocycles. The Morgan fingerprint density at radius 1 is 1.10 bits per heavy atom. The van der Waals surface area contributed by atoms with E-state index in [4.69, 9.17) is 16.3 Å². The summed E-state index contributed by atoms with van der Waals surface area (Å²) in [6, 6.07) is 15.2. The molecule has 104 valence electrons. The first kappa shape index (κ1) is 13.5. The van der Waals surface area contributed by atoms with E-state index in [1.54, 1.807) is 7.11 Å². The Hall–Kier alpha value is -1.51. The van der Waals surface area contributed by atoms with E-state index in [0.29, 0.717) is 10.8 Å². The minimum Gasteiger partial charge on any atom is -0.495 e. The lowest BCUT2D eigenvalue weighted by Gasteiger charge is -2.08. The third-order valence-corrected chi connectivity index (χ3v) is 3.91. The summed E-state index contributed by atoms with van der Waals surface area (Å²) in [5, 5.41) is 4.16. The summed E-state index contributed by atoms with van der Waals surface area (Å²) < 4.78 is 5.17. The fourth-order valence-corrected chi connectivity index (χ4v) is 2.47. The fraction of sp³-hybridized carbons (Fsp3) is 0.294. The van der Waals surface area contributed by atoms with Crippen molar-refractivity contribution in [1.29, 1.82) is 0 Å². The molecule has 0 radical (unpaired) electrons. The average molecular weight is 288 g/mol. The Bertz CT molecular complexity index is 590. The number of nitrogens with one attached hydrogen (secondary N) is 1. The number of benzene rings is 2. The Labute approximate surface area is 124 Å². The molecule has 0 spiro atoms. The number of rotatable bonds is 5. The van der Waals surface area contributed by atoms with Crippen molar-refractivity contribution < 1.29 is 4.74 Å². The SMILES string of the molecule is COc1ccc(-c2ccc(CNC3CC3)cc2)cc1Cl. The lowest BCUT2D eigenvalue weighted by molar-refractivity contribution is 0.415. The molecule has 3 heteroatoms. The second-order valence-corrected chi connectivity index (χ2v) is 5.61. The lowest BCUT2D eigenvalue weighted by Crippen LogP contribution is -2.14. The van der Waals surface area contributed by atoms with Crippen LogP contribution in [0, 0.1) is 0 Å². The third-order valence-electron chi connectivity index (χ3n) is 3.61. The highest BCUT2D eigenvalue weighted by Crippen LogP contribution is 2.30. The van der Waals surface area contributed by atoms with Crippen molar-refractivity contribution in [3.8, 4) is 16.9 Å². The summed E-state index contributed by atoms with van der Waals surface area (Å²) in [5.74, 6) is 0.709. The quantitative estimate of drug-likeness (QED) is 0.887. The molecule has 2 aromatic carbocycles. The third kappa shape index (κ3) is 3.14. The molecule has 2 nitrogen and oxygen atoms in total. The predicted molar refractivity (Wildman–Crippen MR) is 83.3 cm³/mol. The fourth-order valence-electron chi connectivity index (χ4n) is 2.21. The molecule has 3 rings (SSSR count). The van der Waals surface area contributed by atoms with Gasteiger partial charge in [0.05, 0.1) is 12.1 Å². The molecule has 20 heavy (non-hydrogen) atoms. The average Bonchev–Trinajstić information content (AvgIpc) is 3.30. The van der Waals surface area contributed by atoms with E-state index in [-0.39, 0.29) is 0 Å². The molecule has 1 saturated carbocycles. The van der Waals surface area contributed by atoms with Crippen LogP contribution >= 0.6 is 11.6 Å². The van der Waals surface area contributed by atoms with Gasteiger partial charge in [-0.15, -0.1) is 0 Å². The number of hydrogen-bond donors (Lipinski definition) is 1. The van der Waals surface area contributed by atoms with Gasteiger partial charge in [0.1, 0.15) is 5.75 Å². The zero-order chi connectivity index (χ0) is 13.9. The van der Waals surface area contributed by atoms with Crippen molar-refractivity contribution in [3.05, 3.63) is 53.1 Å². The van der Waals surface area contributed by atoms with E-state index < -0.39 is 0 Å². The molecule has 2 aromatic rings. The molecule has 1 N–H and O–H groups in total. The predicted octanol–water partition coefficient (Wildman–Crippen LogP) is 4.27. The van der Waals surface area contributed by atoms with Gasteiger partial charge in [-0.05, 0) is 41.7 Å². The second-order valence-electron chi connectivity index (χ2n) is 5.20. The molecule has 1 aliphatic carbocycles. The van der Waals surface area contributed by atoms with Crippen LogP contribution in [0.1, 0.15) is 18.4 Å². The number of halogens is 1. The van der Waals surface area contributed by atoms with Crippen LogP contribution in [0.25, 0.3) is 11.1 Å². The summed E-state index contributed by atoms with van der Waals surface area (Å²) >= 11 is 6.17. The number of ether oxygens (including phenoxy) is 1. The van der Waals surface area contributed by atoms with Gasteiger partial charge in [0.15, 0.2) is 0 Å². The van der Waals surface area contributed by atoms with Gasteiger partial charge in [-0.25, -0.2) is 0 Å². The maximum atomic E-state index is 6.17. The first-order valence-electron chi connectivity index (χ1n) is 6.92. The van der Waals surface area contributed by atoms with Crippen LogP contribution in [0.5, 0.6) is 5.75 Å². The molecule has 1 aliphatic rings. The summed E-state index contributed by atoms with van der Waals surface area (Å²) in [6.07, 6.45) is 2.64. The summed E-state index contributed by atoms with van der Waals surface area (Å²) in [6.45, 7) is 0.953. The molecule has 1 fully saturated rings. The van der Waals surface area contributed by atoms with Crippen LogP contribution < -0.4 is 10.1 Å². The summed E-state index contributed by atoms with van der Waals surface area (Å²) in [4.78, 5) is 0. The van der Waals surface area contributed by atoms with Gasteiger partial charge in [0.25, 0.3) is 0 Å². The first-order valence-corrected chi connectivity index (χ1v) is 7.30. The normalized spacial score (nSPS) is 14.3. The van der Waals surface area contributed by atoms with Crippen molar-refractivity contribution in [2.24, 2.45) is 0 Å². The van der Waals surface area contributed by atoms with E-state index >= 15 is 0 Å². The van der Waals surface area contributed by atoms with E-state index in [0.717, 1.165) is 18.2 Å². The van der Waals surface area contributed by atoms with Crippen molar-refractivity contribution in [3.63, 3.8) is 0 Å². The van der Waals surface area contributed by atoms with Crippen molar-refractivity contribution >= 4 is 11.6 Å². The molecular formula is C17H18ClNO. The molecule has 0 amide bonds. The minimum absolute atomic E-state index is 0.643. The highest BCUT2D eigenvalue weighted by atomic mass is 35.5. The van der Waals surface area contributed by atoms with Gasteiger partial charge in [0.2, 0.25) is 0 Å². The van der Waals surface area contributed by atoms with E-state index in [1.807, 2.05) is 18.2 Å². The van der Waals surface area contributed by atoms with Crippen molar-refractivity contribution in [1.82, 2.24) is 5.32 Å². The standard InChI is InChI=1S/C17H18ClNO/c1-20-17-9-6-14(10-16(17)18)13-4-2-12(3-5-13)11-19-15-7-8-15/h2-6,9-10,15,19H,7-8,11H2,1H3. The highest BCUT2D eigenvalue weighted by Gasteiger charge is 2.19. The van der Waals surface area contributed by atoms with Crippen LogP contribution in [0.15, 0.2) is 42.5 Å². The van der Waals surface area contributed by atoms with E-state index in [1.165, 1.54) is 24.0 Å². The van der Waals surface area contributed by atoms with Gasteiger partial charge in [-0.2, -0.15) is 0 Å². The molecule has 0 aromatic heterocycles. The monoisotopic (exact) mass is 287 g/mol.